The van der Waals surface area contributed by atoms with Crippen molar-refractivity contribution in [2.75, 3.05) is 31.1 Å². The molecule has 6 heteroatoms. The summed E-state index contributed by atoms with van der Waals surface area (Å²) in [5, 5.41) is 0. The molecule has 0 unspecified atom stereocenters. The highest BCUT2D eigenvalue weighted by Crippen LogP contribution is 2.27. The van der Waals surface area contributed by atoms with E-state index in [9.17, 15) is 4.79 Å². The standard InChI is InChI=1S/C16H23BrN4O/c17-13-4-5-15(19-11-13)20-6-8-21(9-7-20)16(22)10-12-2-1-3-14(12)18/h4-5,11-12,14H,1-3,6-10,18H2/t12-,14+/m0/s1. The van der Waals surface area contributed by atoms with Crippen LogP contribution in [0.15, 0.2) is 22.8 Å². The van der Waals surface area contributed by atoms with Gasteiger partial charge in [0.2, 0.25) is 5.91 Å². The fraction of sp³-hybridized carbons (Fsp3) is 0.625. The Hall–Kier alpha value is -1.14. The topological polar surface area (TPSA) is 62.5 Å². The monoisotopic (exact) mass is 366 g/mol. The van der Waals surface area contributed by atoms with Gasteiger partial charge in [0, 0.05) is 49.3 Å². The molecule has 2 fully saturated rings. The number of carbonyl (C=O) groups is 1. The van der Waals surface area contributed by atoms with Gasteiger partial charge in [-0.1, -0.05) is 6.42 Å². The van der Waals surface area contributed by atoms with Crippen molar-refractivity contribution in [1.82, 2.24) is 9.88 Å². The van der Waals surface area contributed by atoms with Gasteiger partial charge in [-0.3, -0.25) is 4.79 Å². The first kappa shape index (κ1) is 15.7. The predicted octanol–water partition coefficient (Wildman–Crippen LogP) is 2.01. The van der Waals surface area contributed by atoms with Gasteiger partial charge in [-0.05, 0) is 46.8 Å². The molecule has 120 valence electrons. The van der Waals surface area contributed by atoms with Crippen LogP contribution in [0.25, 0.3) is 0 Å². The van der Waals surface area contributed by atoms with E-state index < -0.39 is 0 Å². The van der Waals surface area contributed by atoms with Crippen LogP contribution < -0.4 is 10.6 Å². The maximum atomic E-state index is 12.4. The smallest absolute Gasteiger partial charge is 0.223 e. The first-order valence-corrected chi connectivity index (χ1v) is 8.82. The predicted molar refractivity (Wildman–Crippen MR) is 90.7 cm³/mol. The van der Waals surface area contributed by atoms with E-state index in [2.05, 4.69) is 25.8 Å². The molecule has 2 N–H and O–H groups in total. The number of anilines is 1. The summed E-state index contributed by atoms with van der Waals surface area (Å²) in [6, 6.07) is 4.23. The third-order valence-corrected chi connectivity index (χ3v) is 5.29. The molecule has 1 amide bonds. The molecule has 3 rings (SSSR count). The highest BCUT2D eigenvalue weighted by atomic mass is 79.9. The van der Waals surface area contributed by atoms with Gasteiger partial charge in [-0.15, -0.1) is 0 Å². The third-order valence-electron chi connectivity index (χ3n) is 4.82. The van der Waals surface area contributed by atoms with E-state index in [1.807, 2.05) is 23.2 Å². The Morgan fingerprint density at radius 1 is 1.27 bits per heavy atom. The molecule has 1 aliphatic carbocycles. The van der Waals surface area contributed by atoms with Gasteiger partial charge in [0.15, 0.2) is 0 Å². The molecule has 0 bridgehead atoms. The molecule has 5 nitrogen and oxygen atoms in total. The second-order valence-electron chi connectivity index (χ2n) is 6.26. The largest absolute Gasteiger partial charge is 0.353 e. The highest BCUT2D eigenvalue weighted by molar-refractivity contribution is 9.10. The van der Waals surface area contributed by atoms with E-state index >= 15 is 0 Å². The summed E-state index contributed by atoms with van der Waals surface area (Å²) in [6.07, 6.45) is 5.78. The summed E-state index contributed by atoms with van der Waals surface area (Å²) >= 11 is 3.40. The Labute approximate surface area is 140 Å². The zero-order valence-corrected chi connectivity index (χ0v) is 14.3. The van der Waals surface area contributed by atoms with Crippen molar-refractivity contribution in [3.8, 4) is 0 Å². The van der Waals surface area contributed by atoms with Gasteiger partial charge in [-0.25, -0.2) is 4.98 Å². The van der Waals surface area contributed by atoms with Crippen LogP contribution >= 0.6 is 15.9 Å². The molecule has 1 aromatic rings. The molecule has 0 aromatic carbocycles. The Balaban J connectivity index is 1.50. The molecular weight excluding hydrogens is 344 g/mol. The van der Waals surface area contributed by atoms with Crippen LogP contribution in [0.1, 0.15) is 25.7 Å². The number of carbonyl (C=O) groups excluding carboxylic acids is 1. The van der Waals surface area contributed by atoms with Gasteiger partial charge in [0.1, 0.15) is 5.82 Å². The van der Waals surface area contributed by atoms with Crippen molar-refractivity contribution < 1.29 is 4.79 Å². The number of nitrogens with zero attached hydrogens (tertiary/aromatic N) is 3. The fourth-order valence-corrected chi connectivity index (χ4v) is 3.65. The lowest BCUT2D eigenvalue weighted by Crippen LogP contribution is -2.49. The van der Waals surface area contributed by atoms with Crippen LogP contribution in [0.2, 0.25) is 0 Å². The minimum Gasteiger partial charge on any atom is -0.353 e. The Morgan fingerprint density at radius 2 is 2.05 bits per heavy atom. The van der Waals surface area contributed by atoms with Crippen LogP contribution in [0, 0.1) is 5.92 Å². The molecule has 1 aromatic heterocycles. The van der Waals surface area contributed by atoms with Gasteiger partial charge in [0.05, 0.1) is 0 Å². The van der Waals surface area contributed by atoms with Crippen LogP contribution in [-0.4, -0.2) is 48.0 Å². The number of pyridine rings is 1. The van der Waals surface area contributed by atoms with E-state index in [0.717, 1.165) is 49.3 Å². The average Bonchev–Trinajstić information content (AvgIpc) is 2.93. The van der Waals surface area contributed by atoms with E-state index in [1.165, 1.54) is 6.42 Å². The quantitative estimate of drug-likeness (QED) is 0.888. The second kappa shape index (κ2) is 6.96. The summed E-state index contributed by atoms with van der Waals surface area (Å²) in [5.41, 5.74) is 6.08. The van der Waals surface area contributed by atoms with Gasteiger partial charge in [0.25, 0.3) is 0 Å². The van der Waals surface area contributed by atoms with Crippen molar-refractivity contribution in [2.45, 2.75) is 31.7 Å². The SMILES string of the molecule is N[C@@H]1CCC[C@H]1CC(=O)N1CCN(c2ccc(Br)cn2)CC1. The molecule has 1 saturated carbocycles. The van der Waals surface area contributed by atoms with Crippen molar-refractivity contribution >= 4 is 27.7 Å². The maximum Gasteiger partial charge on any atom is 0.223 e. The zero-order chi connectivity index (χ0) is 15.5. The number of nitrogens with two attached hydrogens (primary N) is 1. The van der Waals surface area contributed by atoms with E-state index in [-0.39, 0.29) is 11.9 Å². The van der Waals surface area contributed by atoms with Crippen molar-refractivity contribution in [2.24, 2.45) is 11.7 Å². The van der Waals surface area contributed by atoms with E-state index in [1.54, 1.807) is 0 Å². The van der Waals surface area contributed by atoms with Crippen molar-refractivity contribution in [3.63, 3.8) is 0 Å². The lowest BCUT2D eigenvalue weighted by molar-refractivity contribution is -0.132. The van der Waals surface area contributed by atoms with Crippen LogP contribution in [0.4, 0.5) is 5.82 Å². The fourth-order valence-electron chi connectivity index (χ4n) is 3.41. The molecular formula is C16H23BrN4O. The van der Waals surface area contributed by atoms with Crippen molar-refractivity contribution in [1.29, 1.82) is 0 Å². The van der Waals surface area contributed by atoms with Crippen LogP contribution in [0.3, 0.4) is 0 Å². The minimum atomic E-state index is 0.220. The van der Waals surface area contributed by atoms with Crippen LogP contribution in [0.5, 0.6) is 0 Å². The lowest BCUT2D eigenvalue weighted by atomic mass is 9.99. The average molecular weight is 367 g/mol. The molecule has 2 atom stereocenters. The highest BCUT2D eigenvalue weighted by Gasteiger charge is 2.29. The van der Waals surface area contributed by atoms with Gasteiger partial charge in [-0.2, -0.15) is 0 Å². The molecule has 2 aliphatic rings. The molecule has 1 aliphatic heterocycles. The van der Waals surface area contributed by atoms with E-state index in [0.29, 0.717) is 12.3 Å². The Kier molecular flexibility index (Phi) is 4.98. The third kappa shape index (κ3) is 3.60. The number of aromatic nitrogens is 1. The number of rotatable bonds is 3. The summed E-state index contributed by atoms with van der Waals surface area (Å²) < 4.78 is 0.984. The first-order chi connectivity index (χ1) is 10.6. The number of piperazine rings is 1. The summed E-state index contributed by atoms with van der Waals surface area (Å²) in [5.74, 6) is 1.64. The molecule has 0 radical (unpaired) electrons. The normalized spacial score (nSPS) is 25.5. The Morgan fingerprint density at radius 3 is 2.64 bits per heavy atom. The van der Waals surface area contributed by atoms with E-state index in [4.69, 9.17) is 5.73 Å². The number of hydrogen-bond acceptors (Lipinski definition) is 4. The molecule has 0 spiro atoms. The minimum absolute atomic E-state index is 0.220. The summed E-state index contributed by atoms with van der Waals surface area (Å²) in [6.45, 7) is 3.24. The zero-order valence-electron chi connectivity index (χ0n) is 12.7. The maximum absolute atomic E-state index is 12.4. The summed E-state index contributed by atoms with van der Waals surface area (Å²) in [4.78, 5) is 21.1. The number of amides is 1. The molecule has 22 heavy (non-hydrogen) atoms. The number of halogens is 1. The lowest BCUT2D eigenvalue weighted by Gasteiger charge is -2.36. The van der Waals surface area contributed by atoms with Crippen LogP contribution in [-0.2, 0) is 4.79 Å². The van der Waals surface area contributed by atoms with Gasteiger partial charge < -0.3 is 15.5 Å². The molecule has 1 saturated heterocycles. The first-order valence-electron chi connectivity index (χ1n) is 8.03. The molecule has 2 heterocycles. The van der Waals surface area contributed by atoms with Gasteiger partial charge >= 0.3 is 0 Å². The second-order valence-corrected chi connectivity index (χ2v) is 7.18. The number of hydrogen-bond donors (Lipinski definition) is 1. The summed E-state index contributed by atoms with van der Waals surface area (Å²) in [7, 11) is 0. The van der Waals surface area contributed by atoms with Crippen molar-refractivity contribution in [3.05, 3.63) is 22.8 Å². The Bertz CT molecular complexity index is 513.